The third-order valence-electron chi connectivity index (χ3n) is 4.83. The van der Waals surface area contributed by atoms with Gasteiger partial charge in [-0.05, 0) is 31.0 Å². The Labute approximate surface area is 168 Å². The predicted molar refractivity (Wildman–Crippen MR) is 110 cm³/mol. The van der Waals surface area contributed by atoms with Gasteiger partial charge in [0.1, 0.15) is 11.6 Å². The summed E-state index contributed by atoms with van der Waals surface area (Å²) in [5.74, 6) is -0.726. The number of aromatic nitrogens is 2. The lowest BCUT2D eigenvalue weighted by Gasteiger charge is -2.30. The van der Waals surface area contributed by atoms with Crippen molar-refractivity contribution in [1.29, 1.82) is 0 Å². The van der Waals surface area contributed by atoms with E-state index < -0.39 is 11.7 Å². The molecule has 9 nitrogen and oxygen atoms in total. The molecule has 1 aliphatic rings. The largest absolute Gasteiger partial charge is 0.395 e. The van der Waals surface area contributed by atoms with Gasteiger partial charge in [0.25, 0.3) is 5.91 Å². The molecule has 0 saturated heterocycles. The Hall–Kier alpha value is -2.98. The lowest BCUT2D eigenvalue weighted by atomic mass is 9.91. The Morgan fingerprint density at radius 2 is 2.07 bits per heavy atom. The van der Waals surface area contributed by atoms with Gasteiger partial charge in [-0.3, -0.25) is 4.79 Å². The van der Waals surface area contributed by atoms with Crippen molar-refractivity contribution < 1.29 is 14.3 Å². The molecular weight excluding hydrogens is 377 g/mol. The van der Waals surface area contributed by atoms with Crippen LogP contribution in [0.15, 0.2) is 24.4 Å². The lowest BCUT2D eigenvalue weighted by molar-refractivity contribution is 0.100. The highest BCUT2D eigenvalue weighted by molar-refractivity contribution is 5.98. The van der Waals surface area contributed by atoms with Gasteiger partial charge < -0.3 is 32.5 Å². The van der Waals surface area contributed by atoms with Crippen LogP contribution in [0.2, 0.25) is 0 Å². The maximum Gasteiger partial charge on any atom is 0.252 e. The van der Waals surface area contributed by atoms with E-state index in [1.54, 1.807) is 12.1 Å². The minimum absolute atomic E-state index is 0.0103. The number of amides is 1. The highest BCUT2D eigenvalue weighted by Gasteiger charge is 2.24. The zero-order valence-corrected chi connectivity index (χ0v) is 16.0. The zero-order chi connectivity index (χ0) is 20.8. The van der Waals surface area contributed by atoms with Crippen molar-refractivity contribution >= 4 is 29.0 Å². The molecule has 156 valence electrons. The number of nitrogens with one attached hydrogen (secondary N) is 3. The summed E-state index contributed by atoms with van der Waals surface area (Å²) in [6, 6.07) is 4.31. The molecule has 2 aromatic heterocycles. The van der Waals surface area contributed by atoms with Crippen molar-refractivity contribution in [3.63, 3.8) is 0 Å². The molecule has 1 amide bonds. The highest BCUT2D eigenvalue weighted by Crippen LogP contribution is 2.26. The van der Waals surface area contributed by atoms with Crippen molar-refractivity contribution in [3.05, 3.63) is 35.8 Å². The number of hydrogen-bond acceptors (Lipinski definition) is 8. The molecule has 0 aliphatic heterocycles. The molecule has 10 heteroatoms. The van der Waals surface area contributed by atoms with Gasteiger partial charge in [0.05, 0.1) is 24.1 Å². The van der Waals surface area contributed by atoms with Gasteiger partial charge in [-0.2, -0.15) is 0 Å². The molecule has 2 heterocycles. The number of carbonyl (C=O) groups is 1. The number of primary amides is 1. The molecule has 1 aliphatic carbocycles. The first-order chi connectivity index (χ1) is 14.0. The Morgan fingerprint density at radius 1 is 1.28 bits per heavy atom. The molecule has 0 radical (unpaired) electrons. The SMILES string of the molecule is NC(=O)c1cc(F)c(N[C@@H]2CCCC[C@@H]2N)nc1Nc1ccc(NCCO)nc1. The summed E-state index contributed by atoms with van der Waals surface area (Å²) >= 11 is 0. The molecule has 0 spiro atoms. The van der Waals surface area contributed by atoms with Crippen LogP contribution in [0.25, 0.3) is 0 Å². The predicted octanol–water partition coefficient (Wildman–Crippen LogP) is 1.54. The smallest absolute Gasteiger partial charge is 0.252 e. The van der Waals surface area contributed by atoms with Crippen molar-refractivity contribution in [2.75, 3.05) is 29.1 Å². The summed E-state index contributed by atoms with van der Waals surface area (Å²) in [5.41, 5.74) is 12.0. The van der Waals surface area contributed by atoms with Gasteiger partial charge in [-0.15, -0.1) is 0 Å². The maximum atomic E-state index is 14.5. The van der Waals surface area contributed by atoms with Crippen molar-refractivity contribution in [2.24, 2.45) is 11.5 Å². The fraction of sp³-hybridized carbons (Fsp3) is 0.421. The van der Waals surface area contributed by atoms with Crippen LogP contribution >= 0.6 is 0 Å². The van der Waals surface area contributed by atoms with E-state index in [1.165, 1.54) is 6.20 Å². The van der Waals surface area contributed by atoms with Gasteiger partial charge in [-0.25, -0.2) is 14.4 Å². The normalized spacial score (nSPS) is 18.9. The third kappa shape index (κ3) is 5.30. The summed E-state index contributed by atoms with van der Waals surface area (Å²) in [6.45, 7) is 0.368. The number of aliphatic hydroxyl groups excluding tert-OH is 1. The molecule has 2 aromatic rings. The Bertz CT molecular complexity index is 847. The lowest BCUT2D eigenvalue weighted by Crippen LogP contribution is -2.43. The van der Waals surface area contributed by atoms with Crippen LogP contribution in [-0.4, -0.2) is 46.2 Å². The van der Waals surface area contributed by atoms with Crippen LogP contribution in [0.4, 0.5) is 27.5 Å². The fourth-order valence-electron chi connectivity index (χ4n) is 3.28. The first kappa shape index (κ1) is 20.7. The molecule has 3 rings (SSSR count). The quantitative estimate of drug-likeness (QED) is 0.388. The number of hydrogen-bond donors (Lipinski definition) is 6. The van der Waals surface area contributed by atoms with Gasteiger partial charge in [0.15, 0.2) is 11.6 Å². The van der Waals surface area contributed by atoms with Gasteiger partial charge in [-0.1, -0.05) is 12.8 Å². The summed E-state index contributed by atoms with van der Waals surface area (Å²) in [4.78, 5) is 20.2. The van der Waals surface area contributed by atoms with Crippen LogP contribution in [0.1, 0.15) is 36.0 Å². The Morgan fingerprint density at radius 3 is 2.72 bits per heavy atom. The molecule has 1 fully saturated rings. The molecule has 0 aromatic carbocycles. The third-order valence-corrected chi connectivity index (χ3v) is 4.83. The number of carbonyl (C=O) groups excluding carboxylic acids is 1. The zero-order valence-electron chi connectivity index (χ0n) is 16.0. The summed E-state index contributed by atoms with van der Waals surface area (Å²) in [7, 11) is 0. The first-order valence-corrected chi connectivity index (χ1v) is 9.58. The van der Waals surface area contributed by atoms with E-state index in [4.69, 9.17) is 16.6 Å². The Kier molecular flexibility index (Phi) is 6.78. The van der Waals surface area contributed by atoms with Crippen LogP contribution in [0.5, 0.6) is 0 Å². The number of nitrogens with zero attached hydrogens (tertiary/aromatic N) is 2. The van der Waals surface area contributed by atoms with Crippen LogP contribution < -0.4 is 27.4 Å². The number of nitrogens with two attached hydrogens (primary N) is 2. The van der Waals surface area contributed by atoms with Crippen LogP contribution in [0.3, 0.4) is 0 Å². The number of aliphatic hydroxyl groups is 1. The van der Waals surface area contributed by atoms with E-state index in [2.05, 4.69) is 25.9 Å². The van der Waals surface area contributed by atoms with Gasteiger partial charge in [0.2, 0.25) is 0 Å². The number of halogens is 1. The summed E-state index contributed by atoms with van der Waals surface area (Å²) in [6.07, 6.45) is 5.29. The highest BCUT2D eigenvalue weighted by atomic mass is 19.1. The average molecular weight is 403 g/mol. The fourth-order valence-corrected chi connectivity index (χ4v) is 3.28. The van der Waals surface area contributed by atoms with Crippen LogP contribution in [-0.2, 0) is 0 Å². The average Bonchev–Trinajstić information content (AvgIpc) is 2.71. The van der Waals surface area contributed by atoms with E-state index in [0.717, 1.165) is 31.7 Å². The van der Waals surface area contributed by atoms with E-state index in [-0.39, 0.29) is 35.9 Å². The first-order valence-electron chi connectivity index (χ1n) is 9.58. The van der Waals surface area contributed by atoms with Gasteiger partial charge >= 0.3 is 0 Å². The minimum Gasteiger partial charge on any atom is -0.395 e. The van der Waals surface area contributed by atoms with E-state index in [1.807, 2.05) is 0 Å². The molecular formula is C19H26FN7O2. The number of anilines is 4. The van der Waals surface area contributed by atoms with E-state index >= 15 is 0 Å². The number of rotatable bonds is 8. The second-order valence-corrected chi connectivity index (χ2v) is 6.99. The standard InChI is InChI=1S/C19H26FN7O2/c20-13-9-12(17(22)29)18(25-11-5-6-16(24-10-11)23-7-8-28)27-19(13)26-15-4-2-1-3-14(15)21/h5-6,9-10,14-15,28H,1-4,7-8,21H2,(H2,22,29)(H,23,24)(H2,25,26,27)/t14-,15+/m0/s1. The second kappa shape index (κ2) is 9.48. The molecule has 0 bridgehead atoms. The van der Waals surface area contributed by atoms with Crippen molar-refractivity contribution in [3.8, 4) is 0 Å². The summed E-state index contributed by atoms with van der Waals surface area (Å²) < 4.78 is 14.5. The van der Waals surface area contributed by atoms with E-state index in [9.17, 15) is 9.18 Å². The van der Waals surface area contributed by atoms with Crippen LogP contribution in [0, 0.1) is 5.82 Å². The van der Waals surface area contributed by atoms with Crippen molar-refractivity contribution in [1.82, 2.24) is 9.97 Å². The molecule has 29 heavy (non-hydrogen) atoms. The maximum absolute atomic E-state index is 14.5. The molecule has 1 saturated carbocycles. The van der Waals surface area contributed by atoms with E-state index in [0.29, 0.717) is 18.1 Å². The topological polar surface area (TPSA) is 151 Å². The van der Waals surface area contributed by atoms with Gasteiger partial charge in [0, 0.05) is 18.6 Å². The Balaban J connectivity index is 1.83. The van der Waals surface area contributed by atoms with Crippen molar-refractivity contribution in [2.45, 2.75) is 37.8 Å². The molecule has 0 unspecified atom stereocenters. The summed E-state index contributed by atoms with van der Waals surface area (Å²) in [5, 5.41) is 17.8. The molecule has 2 atom stereocenters. The number of pyridine rings is 2. The minimum atomic E-state index is -0.797. The second-order valence-electron chi connectivity index (χ2n) is 6.99. The monoisotopic (exact) mass is 403 g/mol. The molecule has 8 N–H and O–H groups in total.